The predicted octanol–water partition coefficient (Wildman–Crippen LogP) is 1.63. The Morgan fingerprint density at radius 3 is 2.54 bits per heavy atom. The summed E-state index contributed by atoms with van der Waals surface area (Å²) in [5.74, 6) is 0.263. The Hall–Kier alpha value is -2.96. The van der Waals surface area contributed by atoms with Crippen LogP contribution < -0.4 is 16.0 Å². The fraction of sp³-hybridized carbons (Fsp3) is 0.316. The van der Waals surface area contributed by atoms with Gasteiger partial charge in [-0.2, -0.15) is 0 Å². The Kier molecular flexibility index (Phi) is 8.05. The van der Waals surface area contributed by atoms with E-state index in [9.17, 15) is 9.18 Å². The number of halogens is 1. The number of aromatic nitrogens is 1. The molecule has 0 aliphatic rings. The van der Waals surface area contributed by atoms with Crippen LogP contribution in [0, 0.1) is 5.82 Å². The van der Waals surface area contributed by atoms with Crippen molar-refractivity contribution in [2.45, 2.75) is 19.9 Å². The molecule has 1 aromatic carbocycles. The van der Waals surface area contributed by atoms with E-state index < -0.39 is 0 Å². The summed E-state index contributed by atoms with van der Waals surface area (Å²) in [6, 6.07) is 11.6. The van der Waals surface area contributed by atoms with Crippen molar-refractivity contribution in [3.63, 3.8) is 0 Å². The third kappa shape index (κ3) is 7.29. The molecule has 0 aliphatic heterocycles. The SMILES string of the molecule is CCNC(=NCc1ccccn1)NCCNC(=O)Cc1ccc(F)cc1. The zero-order chi connectivity index (χ0) is 18.6. The fourth-order valence-electron chi connectivity index (χ4n) is 2.23. The van der Waals surface area contributed by atoms with Gasteiger partial charge in [0.2, 0.25) is 5.91 Å². The van der Waals surface area contributed by atoms with Crippen LogP contribution in [-0.2, 0) is 17.8 Å². The second-order valence-electron chi connectivity index (χ2n) is 5.60. The lowest BCUT2D eigenvalue weighted by molar-refractivity contribution is -0.120. The van der Waals surface area contributed by atoms with Gasteiger partial charge in [0.05, 0.1) is 18.7 Å². The predicted molar refractivity (Wildman–Crippen MR) is 100 cm³/mol. The van der Waals surface area contributed by atoms with Crippen molar-refractivity contribution in [1.29, 1.82) is 0 Å². The van der Waals surface area contributed by atoms with E-state index >= 15 is 0 Å². The van der Waals surface area contributed by atoms with Crippen LogP contribution in [0.1, 0.15) is 18.2 Å². The highest BCUT2D eigenvalue weighted by Crippen LogP contribution is 2.03. The maximum absolute atomic E-state index is 12.9. The normalized spacial score (nSPS) is 11.1. The summed E-state index contributed by atoms with van der Waals surface area (Å²) < 4.78 is 12.9. The summed E-state index contributed by atoms with van der Waals surface area (Å²) in [6.45, 7) is 4.22. The molecule has 6 nitrogen and oxygen atoms in total. The standard InChI is InChI=1S/C19H24FN5O/c1-2-21-19(25-14-17-5-3-4-10-22-17)24-12-11-23-18(26)13-15-6-8-16(20)9-7-15/h3-10H,2,11-14H2,1H3,(H,23,26)(H2,21,24,25). The second kappa shape index (κ2) is 10.8. The fourth-order valence-corrected chi connectivity index (χ4v) is 2.23. The molecule has 0 atom stereocenters. The molecule has 0 spiro atoms. The highest BCUT2D eigenvalue weighted by Gasteiger charge is 2.03. The molecular weight excluding hydrogens is 333 g/mol. The van der Waals surface area contributed by atoms with Crippen LogP contribution in [0.3, 0.4) is 0 Å². The largest absolute Gasteiger partial charge is 0.357 e. The summed E-state index contributed by atoms with van der Waals surface area (Å²) in [5, 5.41) is 9.14. The lowest BCUT2D eigenvalue weighted by atomic mass is 10.1. The molecule has 2 rings (SSSR count). The van der Waals surface area contributed by atoms with Gasteiger partial charge in [0.25, 0.3) is 0 Å². The molecule has 138 valence electrons. The van der Waals surface area contributed by atoms with Crippen LogP contribution in [0.4, 0.5) is 4.39 Å². The molecule has 0 unspecified atom stereocenters. The number of amides is 1. The molecule has 0 fully saturated rings. The van der Waals surface area contributed by atoms with Crippen molar-refractivity contribution in [2.24, 2.45) is 4.99 Å². The van der Waals surface area contributed by atoms with Gasteiger partial charge in [-0.1, -0.05) is 18.2 Å². The number of pyridine rings is 1. The Balaban J connectivity index is 1.71. The summed E-state index contributed by atoms with van der Waals surface area (Å²) in [5.41, 5.74) is 1.67. The minimum Gasteiger partial charge on any atom is -0.357 e. The van der Waals surface area contributed by atoms with Crippen molar-refractivity contribution >= 4 is 11.9 Å². The molecular formula is C19H24FN5O. The number of guanidine groups is 1. The monoisotopic (exact) mass is 357 g/mol. The Morgan fingerprint density at radius 1 is 1.08 bits per heavy atom. The molecule has 7 heteroatoms. The van der Waals surface area contributed by atoms with Gasteiger partial charge in [-0.25, -0.2) is 9.38 Å². The van der Waals surface area contributed by atoms with E-state index in [0.29, 0.717) is 25.6 Å². The molecule has 0 aliphatic carbocycles. The van der Waals surface area contributed by atoms with Gasteiger partial charge in [-0.3, -0.25) is 9.78 Å². The third-order valence-corrected chi connectivity index (χ3v) is 3.49. The van der Waals surface area contributed by atoms with Gasteiger partial charge in [0.15, 0.2) is 5.96 Å². The van der Waals surface area contributed by atoms with E-state index in [2.05, 4.69) is 25.9 Å². The molecule has 1 heterocycles. The summed E-state index contributed by atoms with van der Waals surface area (Å²) in [7, 11) is 0. The van der Waals surface area contributed by atoms with Gasteiger partial charge in [-0.05, 0) is 36.8 Å². The quantitative estimate of drug-likeness (QED) is 0.381. The molecule has 0 bridgehead atoms. The highest BCUT2D eigenvalue weighted by molar-refractivity contribution is 5.80. The van der Waals surface area contributed by atoms with Gasteiger partial charge in [-0.15, -0.1) is 0 Å². The average molecular weight is 357 g/mol. The van der Waals surface area contributed by atoms with Crippen molar-refractivity contribution in [1.82, 2.24) is 20.9 Å². The number of nitrogens with one attached hydrogen (secondary N) is 3. The lowest BCUT2D eigenvalue weighted by Gasteiger charge is -2.12. The van der Waals surface area contributed by atoms with E-state index in [1.54, 1.807) is 18.3 Å². The van der Waals surface area contributed by atoms with Gasteiger partial charge < -0.3 is 16.0 Å². The number of carbonyl (C=O) groups excluding carboxylic acids is 1. The minimum absolute atomic E-state index is 0.103. The number of hydrogen-bond acceptors (Lipinski definition) is 3. The summed E-state index contributed by atoms with van der Waals surface area (Å²) >= 11 is 0. The van der Waals surface area contributed by atoms with E-state index in [4.69, 9.17) is 0 Å². The zero-order valence-corrected chi connectivity index (χ0v) is 14.8. The minimum atomic E-state index is -0.306. The highest BCUT2D eigenvalue weighted by atomic mass is 19.1. The first-order chi connectivity index (χ1) is 12.7. The van der Waals surface area contributed by atoms with E-state index in [1.807, 2.05) is 25.1 Å². The summed E-state index contributed by atoms with van der Waals surface area (Å²) in [4.78, 5) is 20.6. The molecule has 0 radical (unpaired) electrons. The van der Waals surface area contributed by atoms with Crippen LogP contribution in [0.25, 0.3) is 0 Å². The number of carbonyl (C=O) groups is 1. The molecule has 2 aromatic rings. The topological polar surface area (TPSA) is 78.4 Å². The van der Waals surface area contributed by atoms with Crippen molar-refractivity contribution in [3.05, 3.63) is 65.7 Å². The molecule has 26 heavy (non-hydrogen) atoms. The Morgan fingerprint density at radius 2 is 1.85 bits per heavy atom. The number of benzene rings is 1. The van der Waals surface area contributed by atoms with Crippen molar-refractivity contribution in [2.75, 3.05) is 19.6 Å². The maximum Gasteiger partial charge on any atom is 0.224 e. The first kappa shape index (κ1) is 19.4. The molecule has 3 N–H and O–H groups in total. The van der Waals surface area contributed by atoms with E-state index in [1.165, 1.54) is 12.1 Å². The first-order valence-electron chi connectivity index (χ1n) is 8.60. The average Bonchev–Trinajstić information content (AvgIpc) is 2.66. The first-order valence-corrected chi connectivity index (χ1v) is 8.60. The number of nitrogens with zero attached hydrogens (tertiary/aromatic N) is 2. The van der Waals surface area contributed by atoms with Crippen LogP contribution in [0.15, 0.2) is 53.7 Å². The number of aliphatic imine (C=N–C) groups is 1. The van der Waals surface area contributed by atoms with Crippen LogP contribution in [0.5, 0.6) is 0 Å². The molecule has 0 saturated heterocycles. The molecule has 1 aromatic heterocycles. The molecule has 0 saturated carbocycles. The summed E-state index contributed by atoms with van der Waals surface area (Å²) in [6.07, 6.45) is 1.97. The number of hydrogen-bond donors (Lipinski definition) is 3. The zero-order valence-electron chi connectivity index (χ0n) is 14.8. The van der Waals surface area contributed by atoms with Crippen molar-refractivity contribution in [3.8, 4) is 0 Å². The van der Waals surface area contributed by atoms with Gasteiger partial charge >= 0.3 is 0 Å². The van der Waals surface area contributed by atoms with Crippen LogP contribution >= 0.6 is 0 Å². The van der Waals surface area contributed by atoms with Gasteiger partial charge in [0.1, 0.15) is 5.82 Å². The maximum atomic E-state index is 12.9. The molecule has 1 amide bonds. The van der Waals surface area contributed by atoms with E-state index in [-0.39, 0.29) is 18.1 Å². The smallest absolute Gasteiger partial charge is 0.224 e. The van der Waals surface area contributed by atoms with Crippen LogP contribution in [-0.4, -0.2) is 36.5 Å². The lowest BCUT2D eigenvalue weighted by Crippen LogP contribution is -2.41. The van der Waals surface area contributed by atoms with E-state index in [0.717, 1.165) is 17.8 Å². The van der Waals surface area contributed by atoms with Crippen LogP contribution in [0.2, 0.25) is 0 Å². The Labute approximate surface area is 152 Å². The number of rotatable bonds is 8. The third-order valence-electron chi connectivity index (χ3n) is 3.49. The Bertz CT molecular complexity index is 704. The van der Waals surface area contributed by atoms with Gasteiger partial charge in [0, 0.05) is 25.8 Å². The van der Waals surface area contributed by atoms with Crippen molar-refractivity contribution < 1.29 is 9.18 Å². The second-order valence-corrected chi connectivity index (χ2v) is 5.60.